The summed E-state index contributed by atoms with van der Waals surface area (Å²) in [6.45, 7) is 4.52. The van der Waals surface area contributed by atoms with Crippen LogP contribution in [0, 0.1) is 5.41 Å². The van der Waals surface area contributed by atoms with E-state index in [1.165, 1.54) is 0 Å². The van der Waals surface area contributed by atoms with Crippen LogP contribution in [0.4, 0.5) is 4.79 Å². The third-order valence-corrected chi connectivity index (χ3v) is 7.07. The summed E-state index contributed by atoms with van der Waals surface area (Å²) in [6.07, 6.45) is -1.17. The number of carbonyl (C=O) groups is 3. The molecule has 2 atom stereocenters. The van der Waals surface area contributed by atoms with Gasteiger partial charge in [0.15, 0.2) is 0 Å². The first-order chi connectivity index (χ1) is 16.7. The van der Waals surface area contributed by atoms with Gasteiger partial charge in [-0.1, -0.05) is 62.4 Å². The van der Waals surface area contributed by atoms with Crippen LogP contribution < -0.4 is 5.32 Å². The number of nitrogens with zero attached hydrogens (tertiary/aromatic N) is 1. The number of rotatable bonds is 7. The highest BCUT2D eigenvalue weighted by Crippen LogP contribution is 2.44. The number of likely N-dealkylation sites (tertiary alicyclic amines) is 1. The zero-order chi connectivity index (χ0) is 25.2. The van der Waals surface area contributed by atoms with Gasteiger partial charge in [0.25, 0.3) is 0 Å². The van der Waals surface area contributed by atoms with E-state index in [1.807, 2.05) is 62.4 Å². The van der Waals surface area contributed by atoms with Crippen molar-refractivity contribution in [1.29, 1.82) is 0 Å². The third kappa shape index (κ3) is 5.32. The Kier molecular flexibility index (Phi) is 7.12. The lowest BCUT2D eigenvalue weighted by Gasteiger charge is -2.42. The van der Waals surface area contributed by atoms with E-state index in [1.54, 1.807) is 4.90 Å². The second kappa shape index (κ2) is 10.1. The summed E-state index contributed by atoms with van der Waals surface area (Å²) in [5.74, 6) is -1.53. The molecule has 4 rings (SSSR count). The molecule has 2 aromatic carbocycles. The van der Waals surface area contributed by atoms with Gasteiger partial charge in [0.1, 0.15) is 12.6 Å². The van der Waals surface area contributed by atoms with Gasteiger partial charge in [-0.05, 0) is 35.1 Å². The number of fused-ring (bicyclic) bond motifs is 3. The zero-order valence-electron chi connectivity index (χ0n) is 20.1. The number of piperidine rings is 1. The first-order valence-electron chi connectivity index (χ1n) is 12.0. The SMILES string of the molecule is CC1(C)CN(C(=O)C(CCC(=O)O)NC(=O)OCC2c3ccccc3-c3ccccc32)CCC1O. The summed E-state index contributed by atoms with van der Waals surface area (Å²) < 4.78 is 5.56. The lowest BCUT2D eigenvalue weighted by Crippen LogP contribution is -2.56. The molecule has 2 amide bonds. The maximum atomic E-state index is 13.2. The number of carboxylic acids is 1. The summed E-state index contributed by atoms with van der Waals surface area (Å²) in [4.78, 5) is 38.7. The highest BCUT2D eigenvalue weighted by molar-refractivity contribution is 5.86. The minimum atomic E-state index is -1.05. The van der Waals surface area contributed by atoms with E-state index in [0.29, 0.717) is 19.5 Å². The van der Waals surface area contributed by atoms with Gasteiger partial charge in [-0.15, -0.1) is 0 Å². The van der Waals surface area contributed by atoms with Crippen LogP contribution in [0.25, 0.3) is 11.1 Å². The molecule has 2 aliphatic rings. The molecule has 2 unspecified atom stereocenters. The average Bonchev–Trinajstić information content (AvgIpc) is 3.15. The summed E-state index contributed by atoms with van der Waals surface area (Å²) in [5, 5.41) is 21.9. The van der Waals surface area contributed by atoms with E-state index in [9.17, 15) is 19.5 Å². The molecule has 1 saturated heterocycles. The van der Waals surface area contributed by atoms with Gasteiger partial charge >= 0.3 is 12.1 Å². The molecule has 8 heteroatoms. The maximum Gasteiger partial charge on any atom is 0.407 e. The number of aliphatic carboxylic acids is 1. The van der Waals surface area contributed by atoms with E-state index in [2.05, 4.69) is 5.32 Å². The molecule has 0 aromatic heterocycles. The number of carbonyl (C=O) groups excluding carboxylic acids is 2. The third-order valence-electron chi connectivity index (χ3n) is 7.07. The van der Waals surface area contributed by atoms with Crippen LogP contribution in [0.15, 0.2) is 48.5 Å². The molecule has 8 nitrogen and oxygen atoms in total. The van der Waals surface area contributed by atoms with Crippen molar-refractivity contribution in [1.82, 2.24) is 10.2 Å². The Labute approximate surface area is 204 Å². The van der Waals surface area contributed by atoms with Crippen LogP contribution in [0.1, 0.15) is 50.2 Å². The van der Waals surface area contributed by atoms with Gasteiger partial charge in [-0.3, -0.25) is 9.59 Å². The van der Waals surface area contributed by atoms with E-state index in [0.717, 1.165) is 22.3 Å². The number of amides is 2. The topological polar surface area (TPSA) is 116 Å². The standard InChI is InChI=1S/C27H32N2O6/c1-27(2)16-29(14-13-23(27)30)25(33)22(11-12-24(31)32)28-26(34)35-15-21-19-9-5-3-7-17(19)18-8-4-6-10-20(18)21/h3-10,21-23,30H,11-16H2,1-2H3,(H,28,34)(H,31,32). The van der Waals surface area contributed by atoms with Crippen molar-refractivity contribution < 1.29 is 29.3 Å². The number of hydrogen-bond acceptors (Lipinski definition) is 5. The number of benzene rings is 2. The second-order valence-corrected chi connectivity index (χ2v) is 10.0. The summed E-state index contributed by atoms with van der Waals surface area (Å²) in [6, 6.07) is 15.0. The Morgan fingerprint density at radius 3 is 2.26 bits per heavy atom. The van der Waals surface area contributed by atoms with E-state index < -0.39 is 29.6 Å². The van der Waals surface area contributed by atoms with Crippen molar-refractivity contribution in [2.75, 3.05) is 19.7 Å². The van der Waals surface area contributed by atoms with Crippen LogP contribution in [0.3, 0.4) is 0 Å². The first-order valence-corrected chi connectivity index (χ1v) is 12.0. The number of aliphatic hydroxyl groups is 1. The van der Waals surface area contributed by atoms with Crippen LogP contribution >= 0.6 is 0 Å². The van der Waals surface area contributed by atoms with Gasteiger partial charge in [-0.2, -0.15) is 0 Å². The number of nitrogens with one attached hydrogen (secondary N) is 1. The normalized spacial score (nSPS) is 19.4. The van der Waals surface area contributed by atoms with Crippen molar-refractivity contribution in [2.24, 2.45) is 5.41 Å². The molecular formula is C27H32N2O6. The van der Waals surface area contributed by atoms with E-state index in [-0.39, 0.29) is 31.3 Å². The Bertz CT molecular complexity index is 1070. The predicted octanol–water partition coefficient (Wildman–Crippen LogP) is 3.38. The van der Waals surface area contributed by atoms with Gasteiger partial charge in [0.05, 0.1) is 6.10 Å². The monoisotopic (exact) mass is 480 g/mol. The zero-order valence-corrected chi connectivity index (χ0v) is 20.1. The molecular weight excluding hydrogens is 448 g/mol. The molecule has 2 aromatic rings. The lowest BCUT2D eigenvalue weighted by atomic mass is 9.81. The molecule has 0 saturated carbocycles. The summed E-state index contributed by atoms with van der Waals surface area (Å²) in [5.41, 5.74) is 3.89. The lowest BCUT2D eigenvalue weighted by molar-refractivity contribution is -0.141. The summed E-state index contributed by atoms with van der Waals surface area (Å²) in [7, 11) is 0. The van der Waals surface area contributed by atoms with Crippen LogP contribution in [-0.4, -0.2) is 64.9 Å². The molecule has 0 spiro atoms. The first kappa shape index (κ1) is 24.7. The van der Waals surface area contributed by atoms with Gasteiger partial charge in [0.2, 0.25) is 5.91 Å². The molecule has 1 aliphatic heterocycles. The average molecular weight is 481 g/mol. The van der Waals surface area contributed by atoms with Crippen molar-refractivity contribution in [2.45, 2.75) is 51.2 Å². The molecule has 0 radical (unpaired) electrons. The molecule has 0 bridgehead atoms. The number of alkyl carbamates (subject to hydrolysis) is 1. The van der Waals surface area contributed by atoms with E-state index in [4.69, 9.17) is 9.84 Å². The van der Waals surface area contributed by atoms with Gasteiger partial charge < -0.3 is 25.2 Å². The highest BCUT2D eigenvalue weighted by atomic mass is 16.5. The van der Waals surface area contributed by atoms with Crippen molar-refractivity contribution in [3.05, 3.63) is 59.7 Å². The molecule has 1 heterocycles. The Hall–Kier alpha value is -3.39. The van der Waals surface area contributed by atoms with Crippen LogP contribution in [0.5, 0.6) is 0 Å². The largest absolute Gasteiger partial charge is 0.481 e. The van der Waals surface area contributed by atoms with Crippen molar-refractivity contribution >= 4 is 18.0 Å². The highest BCUT2D eigenvalue weighted by Gasteiger charge is 2.39. The smallest absolute Gasteiger partial charge is 0.407 e. The second-order valence-electron chi connectivity index (χ2n) is 10.0. The minimum Gasteiger partial charge on any atom is -0.481 e. The quantitative estimate of drug-likeness (QED) is 0.560. The Morgan fingerprint density at radius 1 is 1.09 bits per heavy atom. The number of aliphatic hydroxyl groups excluding tert-OH is 1. The molecule has 3 N–H and O–H groups in total. The summed E-state index contributed by atoms with van der Waals surface area (Å²) >= 11 is 0. The fourth-order valence-electron chi connectivity index (χ4n) is 5.06. The van der Waals surface area contributed by atoms with E-state index >= 15 is 0 Å². The number of carboxylic acid groups (broad SMARTS) is 1. The maximum absolute atomic E-state index is 13.2. The molecule has 35 heavy (non-hydrogen) atoms. The fraction of sp³-hybridized carbons (Fsp3) is 0.444. The van der Waals surface area contributed by atoms with Crippen molar-refractivity contribution in [3.8, 4) is 11.1 Å². The number of ether oxygens (including phenoxy) is 1. The Morgan fingerprint density at radius 2 is 1.69 bits per heavy atom. The van der Waals surface area contributed by atoms with Gasteiger partial charge in [0, 0.05) is 30.8 Å². The fourth-order valence-corrected chi connectivity index (χ4v) is 5.06. The number of hydrogen-bond donors (Lipinski definition) is 3. The van der Waals surface area contributed by atoms with Crippen molar-refractivity contribution in [3.63, 3.8) is 0 Å². The van der Waals surface area contributed by atoms with Crippen LogP contribution in [-0.2, 0) is 14.3 Å². The van der Waals surface area contributed by atoms with Gasteiger partial charge in [-0.25, -0.2) is 4.79 Å². The molecule has 186 valence electrons. The molecule has 1 aliphatic carbocycles. The van der Waals surface area contributed by atoms with Crippen LogP contribution in [0.2, 0.25) is 0 Å². The molecule has 1 fully saturated rings. The Balaban J connectivity index is 1.43. The minimum absolute atomic E-state index is 0.0438. The predicted molar refractivity (Wildman–Crippen MR) is 130 cm³/mol.